The topological polar surface area (TPSA) is 0 Å². The van der Waals surface area contributed by atoms with Gasteiger partial charge in [0.05, 0.1) is 5.57 Å². The predicted octanol–water partition coefficient (Wildman–Crippen LogP) is 3.78. The average Bonchev–Trinajstić information content (AvgIpc) is 1.92. The van der Waals surface area contributed by atoms with Gasteiger partial charge in [-0.25, -0.2) is 0 Å². The Bertz CT molecular complexity index is 248. The van der Waals surface area contributed by atoms with Crippen molar-refractivity contribution in [3.63, 3.8) is 0 Å². The summed E-state index contributed by atoms with van der Waals surface area (Å²) in [6.45, 7) is 1.68. The molecule has 1 rings (SSSR count). The molecule has 0 heterocycles. The first kappa shape index (κ1) is 9.65. The fourth-order valence-corrected chi connectivity index (χ4v) is 1.33. The van der Waals surface area contributed by atoms with E-state index in [0.717, 1.165) is 11.6 Å². The van der Waals surface area contributed by atoms with E-state index in [2.05, 4.69) is 0 Å². The van der Waals surface area contributed by atoms with E-state index in [1.54, 1.807) is 6.92 Å². The Morgan fingerprint density at radius 1 is 1.33 bits per heavy atom. The molecular weight excluding hydrogens is 189 g/mol. The molecule has 0 spiro atoms. The van der Waals surface area contributed by atoms with Gasteiger partial charge in [0.2, 0.25) is 0 Å². The molecular formula is C8H8ClF3. The molecule has 1 aliphatic carbocycles. The van der Waals surface area contributed by atoms with Crippen LogP contribution in [-0.2, 0) is 0 Å². The van der Waals surface area contributed by atoms with E-state index < -0.39 is 11.7 Å². The standard InChI is InChI=1S/C8H8ClF3/c1-5-2-3-7(9)6(4-5)8(10,11)12/h4H,2-3H2,1H3. The number of alkyl halides is 3. The van der Waals surface area contributed by atoms with E-state index in [0.29, 0.717) is 12.8 Å². The molecule has 0 radical (unpaired) electrons. The maximum atomic E-state index is 12.2. The van der Waals surface area contributed by atoms with E-state index in [1.807, 2.05) is 0 Å². The molecule has 0 aliphatic heterocycles. The van der Waals surface area contributed by atoms with Crippen molar-refractivity contribution in [2.45, 2.75) is 25.9 Å². The van der Waals surface area contributed by atoms with Gasteiger partial charge in [-0.3, -0.25) is 0 Å². The van der Waals surface area contributed by atoms with Crippen molar-refractivity contribution in [3.8, 4) is 0 Å². The first-order chi connectivity index (χ1) is 5.41. The molecule has 0 aromatic carbocycles. The van der Waals surface area contributed by atoms with Crippen LogP contribution in [0.25, 0.3) is 0 Å². The Kier molecular flexibility index (Phi) is 2.52. The molecule has 0 saturated heterocycles. The number of hydrogen-bond acceptors (Lipinski definition) is 0. The van der Waals surface area contributed by atoms with Crippen molar-refractivity contribution in [2.75, 3.05) is 0 Å². The van der Waals surface area contributed by atoms with Crippen LogP contribution < -0.4 is 0 Å². The maximum absolute atomic E-state index is 12.2. The summed E-state index contributed by atoms with van der Waals surface area (Å²) in [6.07, 6.45) is -2.26. The van der Waals surface area contributed by atoms with Crippen LogP contribution in [0, 0.1) is 0 Å². The van der Waals surface area contributed by atoms with Crippen molar-refractivity contribution in [3.05, 3.63) is 22.3 Å². The SMILES string of the molecule is CC1=CC(C(F)(F)F)=C(Cl)CC1. The molecule has 0 bridgehead atoms. The molecule has 4 heteroatoms. The molecule has 68 valence electrons. The fourth-order valence-electron chi connectivity index (χ4n) is 1.07. The monoisotopic (exact) mass is 196 g/mol. The van der Waals surface area contributed by atoms with E-state index in [1.165, 1.54) is 0 Å². The second kappa shape index (κ2) is 3.13. The second-order valence-corrected chi connectivity index (χ2v) is 3.26. The summed E-state index contributed by atoms with van der Waals surface area (Å²) in [5.74, 6) is 0. The molecule has 0 nitrogen and oxygen atoms in total. The van der Waals surface area contributed by atoms with Gasteiger partial charge in [-0.1, -0.05) is 17.2 Å². The molecule has 0 N–H and O–H groups in total. The van der Waals surface area contributed by atoms with Gasteiger partial charge in [-0.2, -0.15) is 13.2 Å². The smallest absolute Gasteiger partial charge is 0.166 e. The Balaban J connectivity index is 3.02. The Morgan fingerprint density at radius 3 is 2.33 bits per heavy atom. The number of hydrogen-bond donors (Lipinski definition) is 0. The third-order valence-electron chi connectivity index (χ3n) is 1.73. The van der Waals surface area contributed by atoms with Crippen LogP contribution >= 0.6 is 11.6 Å². The van der Waals surface area contributed by atoms with E-state index in [9.17, 15) is 13.2 Å². The number of halogens is 4. The van der Waals surface area contributed by atoms with E-state index >= 15 is 0 Å². The van der Waals surface area contributed by atoms with Gasteiger partial charge in [0.15, 0.2) is 0 Å². The first-order valence-electron chi connectivity index (χ1n) is 3.54. The van der Waals surface area contributed by atoms with Gasteiger partial charge in [-0.15, -0.1) is 0 Å². The van der Waals surface area contributed by atoms with Crippen LogP contribution in [0.15, 0.2) is 22.3 Å². The molecule has 0 amide bonds. The van der Waals surface area contributed by atoms with Gasteiger partial charge in [0, 0.05) is 5.03 Å². The minimum Gasteiger partial charge on any atom is -0.166 e. The van der Waals surface area contributed by atoms with Crippen LogP contribution in [-0.4, -0.2) is 6.18 Å². The van der Waals surface area contributed by atoms with Gasteiger partial charge >= 0.3 is 6.18 Å². The van der Waals surface area contributed by atoms with Crippen molar-refractivity contribution in [2.24, 2.45) is 0 Å². The fraction of sp³-hybridized carbons (Fsp3) is 0.500. The predicted molar refractivity (Wildman–Crippen MR) is 41.9 cm³/mol. The lowest BCUT2D eigenvalue weighted by atomic mass is 10.0. The van der Waals surface area contributed by atoms with Crippen LogP contribution in [0.5, 0.6) is 0 Å². The highest BCUT2D eigenvalue weighted by Gasteiger charge is 2.35. The Labute approximate surface area is 73.7 Å². The Hall–Kier alpha value is -0.440. The Morgan fingerprint density at radius 2 is 1.92 bits per heavy atom. The number of allylic oxidation sites excluding steroid dienone is 4. The highest BCUT2D eigenvalue weighted by Crippen LogP contribution is 2.36. The molecule has 0 aromatic heterocycles. The zero-order valence-electron chi connectivity index (χ0n) is 6.50. The summed E-state index contributed by atoms with van der Waals surface area (Å²) in [5, 5.41) is -0.0758. The van der Waals surface area contributed by atoms with Crippen LogP contribution in [0.3, 0.4) is 0 Å². The minimum absolute atomic E-state index is 0.0758. The van der Waals surface area contributed by atoms with Crippen molar-refractivity contribution >= 4 is 11.6 Å². The third kappa shape index (κ3) is 2.03. The number of rotatable bonds is 0. The summed E-state index contributed by atoms with van der Waals surface area (Å²) in [4.78, 5) is 0. The van der Waals surface area contributed by atoms with Crippen LogP contribution in [0.1, 0.15) is 19.8 Å². The lowest BCUT2D eigenvalue weighted by molar-refractivity contribution is -0.0889. The molecule has 0 aromatic rings. The van der Waals surface area contributed by atoms with Crippen LogP contribution in [0.2, 0.25) is 0 Å². The van der Waals surface area contributed by atoms with Crippen molar-refractivity contribution < 1.29 is 13.2 Å². The quantitative estimate of drug-likeness (QED) is 0.553. The summed E-state index contributed by atoms with van der Waals surface area (Å²) < 4.78 is 36.5. The van der Waals surface area contributed by atoms with Crippen molar-refractivity contribution in [1.29, 1.82) is 0 Å². The van der Waals surface area contributed by atoms with Crippen molar-refractivity contribution in [1.82, 2.24) is 0 Å². The largest absolute Gasteiger partial charge is 0.417 e. The summed E-state index contributed by atoms with van der Waals surface area (Å²) >= 11 is 5.45. The van der Waals surface area contributed by atoms with Gasteiger partial charge in [0.25, 0.3) is 0 Å². The van der Waals surface area contributed by atoms with E-state index in [-0.39, 0.29) is 5.03 Å². The summed E-state index contributed by atoms with van der Waals surface area (Å²) in [5.41, 5.74) is 0.0413. The normalized spacial score (nSPS) is 19.6. The highest BCUT2D eigenvalue weighted by atomic mass is 35.5. The third-order valence-corrected chi connectivity index (χ3v) is 2.12. The molecule has 0 unspecified atom stereocenters. The molecule has 0 saturated carbocycles. The second-order valence-electron chi connectivity index (χ2n) is 2.81. The lowest BCUT2D eigenvalue weighted by Gasteiger charge is -2.16. The lowest BCUT2D eigenvalue weighted by Crippen LogP contribution is -2.13. The first-order valence-corrected chi connectivity index (χ1v) is 3.92. The molecule has 0 fully saturated rings. The van der Waals surface area contributed by atoms with E-state index in [4.69, 9.17) is 11.6 Å². The zero-order valence-corrected chi connectivity index (χ0v) is 7.26. The molecule has 1 aliphatic rings. The zero-order chi connectivity index (χ0) is 9.35. The van der Waals surface area contributed by atoms with Gasteiger partial charge in [0.1, 0.15) is 0 Å². The highest BCUT2D eigenvalue weighted by molar-refractivity contribution is 6.30. The minimum atomic E-state index is -4.31. The maximum Gasteiger partial charge on any atom is 0.417 e. The summed E-state index contributed by atoms with van der Waals surface area (Å²) in [7, 11) is 0. The van der Waals surface area contributed by atoms with Gasteiger partial charge < -0.3 is 0 Å². The molecule has 12 heavy (non-hydrogen) atoms. The average molecular weight is 197 g/mol. The van der Waals surface area contributed by atoms with Gasteiger partial charge in [-0.05, 0) is 25.8 Å². The van der Waals surface area contributed by atoms with Crippen LogP contribution in [0.4, 0.5) is 13.2 Å². The molecule has 0 atom stereocenters. The summed E-state index contributed by atoms with van der Waals surface area (Å²) in [6, 6.07) is 0.